The molecule has 0 spiro atoms. The van der Waals surface area contributed by atoms with Gasteiger partial charge in [-0.25, -0.2) is 9.97 Å². The summed E-state index contributed by atoms with van der Waals surface area (Å²) in [7, 11) is 0. The highest BCUT2D eigenvalue weighted by Gasteiger charge is 2.25. The lowest BCUT2D eigenvalue weighted by atomic mass is 10.0. The van der Waals surface area contributed by atoms with Gasteiger partial charge in [0.05, 0.1) is 27.9 Å². The standard InChI is InChI=1S/C48H32N4/c1-2-16-37(17-3-1)51-43-20-10-8-18-38(43)39-26-27-45-46(47(39)51)40-19-9-11-21-44(40)52(45)48-49-41(35-24-22-31-12-4-6-14-33(31)28-35)30-42(50-48)36-25-23-32-13-5-7-15-34(32)29-36/h1-9,11-19,21-30H,10,20H2. The van der Waals surface area contributed by atoms with E-state index in [9.17, 15) is 0 Å². The van der Waals surface area contributed by atoms with Gasteiger partial charge in [0.25, 0.3) is 0 Å². The monoisotopic (exact) mass is 664 g/mol. The van der Waals surface area contributed by atoms with Crippen molar-refractivity contribution in [3.8, 4) is 34.2 Å². The van der Waals surface area contributed by atoms with Crippen molar-refractivity contribution >= 4 is 60.3 Å². The van der Waals surface area contributed by atoms with E-state index in [1.54, 1.807) is 0 Å². The molecule has 0 fully saturated rings. The van der Waals surface area contributed by atoms with E-state index >= 15 is 0 Å². The smallest absolute Gasteiger partial charge is 0.235 e. The summed E-state index contributed by atoms with van der Waals surface area (Å²) in [5, 5.41) is 8.46. The molecule has 0 saturated heterocycles. The van der Waals surface area contributed by atoms with Crippen LogP contribution in [0.1, 0.15) is 17.7 Å². The fourth-order valence-electron chi connectivity index (χ4n) is 8.36. The first kappa shape index (κ1) is 29.0. The number of hydrogen-bond acceptors (Lipinski definition) is 2. The van der Waals surface area contributed by atoms with E-state index in [0.717, 1.165) is 46.4 Å². The van der Waals surface area contributed by atoms with Crippen LogP contribution < -0.4 is 0 Å². The average Bonchev–Trinajstić information content (AvgIpc) is 3.74. The van der Waals surface area contributed by atoms with E-state index in [1.165, 1.54) is 60.2 Å². The number of benzene rings is 7. The topological polar surface area (TPSA) is 35.6 Å². The first-order valence-electron chi connectivity index (χ1n) is 18.0. The maximum atomic E-state index is 5.40. The van der Waals surface area contributed by atoms with Gasteiger partial charge in [0.2, 0.25) is 5.95 Å². The molecule has 7 aromatic carbocycles. The summed E-state index contributed by atoms with van der Waals surface area (Å²) in [6.45, 7) is 0. The third-order valence-electron chi connectivity index (χ3n) is 10.8. The summed E-state index contributed by atoms with van der Waals surface area (Å²) in [6, 6.07) is 56.5. The molecule has 1 aliphatic carbocycles. The fraction of sp³-hybridized carbons (Fsp3) is 0.0417. The van der Waals surface area contributed by atoms with Crippen LogP contribution in [-0.2, 0) is 6.42 Å². The number of fused-ring (bicyclic) bond motifs is 9. The van der Waals surface area contributed by atoms with Crippen molar-refractivity contribution in [3.05, 3.63) is 175 Å². The second-order valence-electron chi connectivity index (χ2n) is 13.7. The first-order valence-corrected chi connectivity index (χ1v) is 18.0. The van der Waals surface area contributed by atoms with E-state index in [4.69, 9.17) is 9.97 Å². The second kappa shape index (κ2) is 11.4. The molecule has 11 rings (SSSR count). The van der Waals surface area contributed by atoms with Crippen LogP contribution in [0.4, 0.5) is 0 Å². The second-order valence-corrected chi connectivity index (χ2v) is 13.7. The van der Waals surface area contributed by atoms with Crippen LogP contribution in [0.5, 0.6) is 0 Å². The molecule has 244 valence electrons. The Balaban J connectivity index is 1.23. The fourth-order valence-corrected chi connectivity index (χ4v) is 8.36. The van der Waals surface area contributed by atoms with Crippen LogP contribution in [0.15, 0.2) is 164 Å². The first-order chi connectivity index (χ1) is 25.8. The molecular formula is C48H32N4. The summed E-state index contributed by atoms with van der Waals surface area (Å²) in [4.78, 5) is 10.8. The average molecular weight is 665 g/mol. The highest BCUT2D eigenvalue weighted by Crippen LogP contribution is 2.42. The SMILES string of the molecule is C1=Cc2c(n(-c3ccccc3)c3c2ccc2c3c3ccccc3n2-c2nc(-c3ccc4ccccc4c3)cc(-c3ccc4ccccc4c3)n2)CC1. The molecule has 52 heavy (non-hydrogen) atoms. The summed E-state index contributed by atoms with van der Waals surface area (Å²) < 4.78 is 4.77. The maximum Gasteiger partial charge on any atom is 0.235 e. The number of rotatable bonds is 4. The molecule has 3 heterocycles. The Morgan fingerprint density at radius 1 is 0.481 bits per heavy atom. The minimum Gasteiger partial charge on any atom is -0.312 e. The van der Waals surface area contributed by atoms with Crippen LogP contribution in [0.25, 0.3) is 94.5 Å². The zero-order valence-corrected chi connectivity index (χ0v) is 28.4. The highest BCUT2D eigenvalue weighted by atomic mass is 15.2. The van der Waals surface area contributed by atoms with Gasteiger partial charge in [0.1, 0.15) is 0 Å². The molecule has 0 bridgehead atoms. The van der Waals surface area contributed by atoms with Gasteiger partial charge in [-0.05, 0) is 76.9 Å². The third-order valence-corrected chi connectivity index (χ3v) is 10.8. The van der Waals surface area contributed by atoms with Crippen LogP contribution in [0.3, 0.4) is 0 Å². The lowest BCUT2D eigenvalue weighted by Gasteiger charge is -2.14. The van der Waals surface area contributed by atoms with Crippen molar-refractivity contribution in [3.63, 3.8) is 0 Å². The van der Waals surface area contributed by atoms with Gasteiger partial charge in [0.15, 0.2) is 0 Å². The molecular weight excluding hydrogens is 633 g/mol. The molecule has 0 amide bonds. The zero-order chi connectivity index (χ0) is 34.2. The number of hydrogen-bond donors (Lipinski definition) is 0. The molecule has 0 N–H and O–H groups in total. The third kappa shape index (κ3) is 4.41. The van der Waals surface area contributed by atoms with E-state index in [-0.39, 0.29) is 0 Å². The van der Waals surface area contributed by atoms with E-state index < -0.39 is 0 Å². The number of aromatic nitrogens is 4. The van der Waals surface area contributed by atoms with E-state index in [2.05, 4.69) is 179 Å². The zero-order valence-electron chi connectivity index (χ0n) is 28.4. The van der Waals surface area contributed by atoms with Crippen molar-refractivity contribution in [1.82, 2.24) is 19.1 Å². The van der Waals surface area contributed by atoms with Crippen molar-refractivity contribution in [1.29, 1.82) is 0 Å². The summed E-state index contributed by atoms with van der Waals surface area (Å²) in [6.07, 6.45) is 6.66. The van der Waals surface area contributed by atoms with Crippen LogP contribution in [0.2, 0.25) is 0 Å². The number of nitrogens with zero attached hydrogens (tertiary/aromatic N) is 4. The number of allylic oxidation sites excluding steroid dienone is 1. The lowest BCUT2D eigenvalue weighted by molar-refractivity contribution is 0.890. The van der Waals surface area contributed by atoms with Crippen molar-refractivity contribution in [2.24, 2.45) is 0 Å². The van der Waals surface area contributed by atoms with Gasteiger partial charge >= 0.3 is 0 Å². The Kier molecular flexibility index (Phi) is 6.34. The van der Waals surface area contributed by atoms with E-state index in [1.807, 2.05) is 0 Å². The molecule has 4 nitrogen and oxygen atoms in total. The Morgan fingerprint density at radius 3 is 1.83 bits per heavy atom. The minimum absolute atomic E-state index is 0.654. The van der Waals surface area contributed by atoms with Crippen LogP contribution in [0, 0.1) is 0 Å². The van der Waals surface area contributed by atoms with Gasteiger partial charge in [-0.3, -0.25) is 4.57 Å². The van der Waals surface area contributed by atoms with Gasteiger partial charge in [0, 0.05) is 44.2 Å². The quantitative estimate of drug-likeness (QED) is 0.188. The normalized spacial score (nSPS) is 12.8. The highest BCUT2D eigenvalue weighted by molar-refractivity contribution is 6.22. The Morgan fingerprint density at radius 2 is 1.12 bits per heavy atom. The van der Waals surface area contributed by atoms with Crippen molar-refractivity contribution in [2.75, 3.05) is 0 Å². The molecule has 0 unspecified atom stereocenters. The predicted molar refractivity (Wildman–Crippen MR) is 216 cm³/mol. The maximum absolute atomic E-state index is 5.40. The molecule has 0 aliphatic heterocycles. The van der Waals surface area contributed by atoms with E-state index in [0.29, 0.717) is 5.95 Å². The molecule has 0 atom stereocenters. The van der Waals surface area contributed by atoms with Gasteiger partial charge in [-0.2, -0.15) is 0 Å². The summed E-state index contributed by atoms with van der Waals surface area (Å²) >= 11 is 0. The van der Waals surface area contributed by atoms with Gasteiger partial charge < -0.3 is 4.57 Å². The van der Waals surface area contributed by atoms with Gasteiger partial charge in [-0.15, -0.1) is 0 Å². The van der Waals surface area contributed by atoms with Crippen LogP contribution in [-0.4, -0.2) is 19.1 Å². The van der Waals surface area contributed by atoms with Crippen molar-refractivity contribution < 1.29 is 0 Å². The van der Waals surface area contributed by atoms with Crippen molar-refractivity contribution in [2.45, 2.75) is 12.8 Å². The van der Waals surface area contributed by atoms with Gasteiger partial charge in [-0.1, -0.05) is 127 Å². The molecule has 4 heteroatoms. The predicted octanol–water partition coefficient (Wildman–Crippen LogP) is 12.1. The Hall–Kier alpha value is -6.78. The molecule has 10 aromatic rings. The summed E-state index contributed by atoms with van der Waals surface area (Å²) in [5.41, 5.74) is 11.2. The molecule has 0 saturated carbocycles. The number of para-hydroxylation sites is 2. The van der Waals surface area contributed by atoms with Crippen LogP contribution >= 0.6 is 0 Å². The lowest BCUT2D eigenvalue weighted by Crippen LogP contribution is -2.04. The molecule has 1 aliphatic rings. The minimum atomic E-state index is 0.654. The summed E-state index contributed by atoms with van der Waals surface area (Å²) in [5.74, 6) is 0.654. The molecule has 3 aromatic heterocycles. The Labute approximate surface area is 300 Å². The largest absolute Gasteiger partial charge is 0.312 e. The Bertz CT molecular complexity index is 2970. The molecule has 0 radical (unpaired) electrons.